The first-order valence-electron chi connectivity index (χ1n) is 4.11. The molecule has 0 aromatic heterocycles. The van der Waals surface area contributed by atoms with Gasteiger partial charge in [0.15, 0.2) is 0 Å². The minimum atomic E-state index is -0.276. The molecule has 1 N–H and O–H groups in total. The molecule has 12 heavy (non-hydrogen) atoms. The molecule has 0 bridgehead atoms. The lowest BCUT2D eigenvalue weighted by Gasteiger charge is -2.13. The molecule has 0 unspecified atom stereocenters. The van der Waals surface area contributed by atoms with Crippen LogP contribution in [0.15, 0.2) is 11.6 Å². The largest absolute Gasteiger partial charge is 0.293 e. The van der Waals surface area contributed by atoms with E-state index < -0.39 is 0 Å². The molecule has 3 heteroatoms. The molecule has 1 aliphatic heterocycles. The lowest BCUT2D eigenvalue weighted by Crippen LogP contribution is -2.33. The normalized spacial score (nSPS) is 17.8. The molecule has 0 aromatic carbocycles. The van der Waals surface area contributed by atoms with Crippen LogP contribution in [0.4, 0.5) is 0 Å². The Bertz CT molecular complexity index is 241. The zero-order valence-corrected chi connectivity index (χ0v) is 7.39. The molecule has 0 saturated heterocycles. The highest BCUT2D eigenvalue weighted by atomic mass is 16.2. The predicted octanol–water partition coefficient (Wildman–Crippen LogP) is 1.01. The highest BCUT2D eigenvalue weighted by Crippen LogP contribution is 2.16. The first-order chi connectivity index (χ1) is 5.58. The van der Waals surface area contributed by atoms with E-state index in [2.05, 4.69) is 19.2 Å². The van der Waals surface area contributed by atoms with E-state index in [1.807, 2.05) is 0 Å². The minimum Gasteiger partial charge on any atom is -0.293 e. The van der Waals surface area contributed by atoms with Gasteiger partial charge in [-0.2, -0.15) is 0 Å². The lowest BCUT2D eigenvalue weighted by atomic mass is 9.98. The number of hydrogen-bond donors (Lipinski definition) is 1. The van der Waals surface area contributed by atoms with E-state index in [9.17, 15) is 9.59 Å². The van der Waals surface area contributed by atoms with Crippen LogP contribution in [0.5, 0.6) is 0 Å². The molecule has 0 aliphatic carbocycles. The molecule has 3 nitrogen and oxygen atoms in total. The standard InChI is InChI=1S/C9H13NO2/c1-6(2)3-7-4-8(11)10-9(12)5-7/h4,6H,3,5H2,1-2H3,(H,10,11,12). The van der Waals surface area contributed by atoms with Crippen molar-refractivity contribution in [1.82, 2.24) is 5.32 Å². The van der Waals surface area contributed by atoms with Crippen LogP contribution in [0, 0.1) is 5.92 Å². The maximum Gasteiger partial charge on any atom is 0.250 e. The number of hydrogen-bond acceptors (Lipinski definition) is 2. The summed E-state index contributed by atoms with van der Waals surface area (Å²) in [4.78, 5) is 21.7. The molecule has 0 fully saturated rings. The third-order valence-electron chi connectivity index (χ3n) is 1.66. The van der Waals surface area contributed by atoms with Gasteiger partial charge in [-0.05, 0) is 12.3 Å². The molecule has 2 amide bonds. The first kappa shape index (κ1) is 8.97. The number of carbonyl (C=O) groups excluding carboxylic acids is 2. The van der Waals surface area contributed by atoms with Crippen LogP contribution in [0.25, 0.3) is 0 Å². The average Bonchev–Trinajstić information content (AvgIpc) is 1.81. The Hall–Kier alpha value is -1.12. The van der Waals surface area contributed by atoms with E-state index in [1.165, 1.54) is 6.08 Å². The van der Waals surface area contributed by atoms with E-state index in [0.29, 0.717) is 12.3 Å². The number of carbonyl (C=O) groups is 2. The van der Waals surface area contributed by atoms with Gasteiger partial charge in [0.1, 0.15) is 0 Å². The van der Waals surface area contributed by atoms with Gasteiger partial charge in [0, 0.05) is 12.5 Å². The van der Waals surface area contributed by atoms with Crippen molar-refractivity contribution in [2.75, 3.05) is 0 Å². The van der Waals surface area contributed by atoms with E-state index in [0.717, 1.165) is 12.0 Å². The summed E-state index contributed by atoms with van der Waals surface area (Å²) < 4.78 is 0. The van der Waals surface area contributed by atoms with Gasteiger partial charge in [-0.1, -0.05) is 19.4 Å². The fraction of sp³-hybridized carbons (Fsp3) is 0.556. The zero-order chi connectivity index (χ0) is 9.14. The van der Waals surface area contributed by atoms with Crippen molar-refractivity contribution in [1.29, 1.82) is 0 Å². The first-order valence-corrected chi connectivity index (χ1v) is 4.11. The second kappa shape index (κ2) is 3.52. The van der Waals surface area contributed by atoms with Crippen molar-refractivity contribution in [2.24, 2.45) is 5.92 Å². The van der Waals surface area contributed by atoms with Crippen molar-refractivity contribution >= 4 is 11.8 Å². The van der Waals surface area contributed by atoms with Crippen molar-refractivity contribution in [3.05, 3.63) is 11.6 Å². The molecule has 0 aromatic rings. The van der Waals surface area contributed by atoms with Gasteiger partial charge in [0.25, 0.3) is 5.91 Å². The van der Waals surface area contributed by atoms with E-state index in [1.54, 1.807) is 0 Å². The zero-order valence-electron chi connectivity index (χ0n) is 7.39. The molecule has 0 spiro atoms. The van der Waals surface area contributed by atoms with Crippen LogP contribution in [-0.2, 0) is 9.59 Å². The van der Waals surface area contributed by atoms with Crippen molar-refractivity contribution in [3.63, 3.8) is 0 Å². The van der Waals surface area contributed by atoms with Gasteiger partial charge in [0.05, 0.1) is 0 Å². The Morgan fingerprint density at radius 3 is 2.67 bits per heavy atom. The van der Waals surface area contributed by atoms with Crippen LogP contribution < -0.4 is 5.32 Å². The van der Waals surface area contributed by atoms with Crippen molar-refractivity contribution < 1.29 is 9.59 Å². The highest BCUT2D eigenvalue weighted by Gasteiger charge is 2.16. The summed E-state index contributed by atoms with van der Waals surface area (Å²) in [6, 6.07) is 0. The third-order valence-corrected chi connectivity index (χ3v) is 1.66. The van der Waals surface area contributed by atoms with Crippen LogP contribution >= 0.6 is 0 Å². The van der Waals surface area contributed by atoms with Gasteiger partial charge >= 0.3 is 0 Å². The summed E-state index contributed by atoms with van der Waals surface area (Å²) >= 11 is 0. The molecule has 0 atom stereocenters. The van der Waals surface area contributed by atoms with Crippen LogP contribution in [0.3, 0.4) is 0 Å². The average molecular weight is 167 g/mol. The maximum absolute atomic E-state index is 10.9. The van der Waals surface area contributed by atoms with E-state index >= 15 is 0 Å². The Balaban J connectivity index is 2.64. The number of imide groups is 1. The summed E-state index contributed by atoms with van der Waals surface area (Å²) in [6.07, 6.45) is 2.74. The molecule has 66 valence electrons. The molecule has 0 saturated carbocycles. The second-order valence-electron chi connectivity index (χ2n) is 3.49. The lowest BCUT2D eigenvalue weighted by molar-refractivity contribution is -0.128. The van der Waals surface area contributed by atoms with Crippen LogP contribution in [0.2, 0.25) is 0 Å². The summed E-state index contributed by atoms with van der Waals surface area (Å²) in [5.41, 5.74) is 0.943. The van der Waals surface area contributed by atoms with Crippen LogP contribution in [0.1, 0.15) is 26.7 Å². The number of rotatable bonds is 2. The fourth-order valence-electron chi connectivity index (χ4n) is 1.32. The third kappa shape index (κ3) is 2.49. The van der Waals surface area contributed by atoms with Gasteiger partial charge in [0.2, 0.25) is 5.91 Å². The van der Waals surface area contributed by atoms with Crippen LogP contribution in [-0.4, -0.2) is 11.8 Å². The quantitative estimate of drug-likeness (QED) is 0.624. The Labute approximate surface area is 71.8 Å². The smallest absolute Gasteiger partial charge is 0.250 e. The van der Waals surface area contributed by atoms with Gasteiger partial charge in [-0.15, -0.1) is 0 Å². The topological polar surface area (TPSA) is 46.2 Å². The summed E-state index contributed by atoms with van der Waals surface area (Å²) in [6.45, 7) is 4.13. The van der Waals surface area contributed by atoms with Gasteiger partial charge in [-0.25, -0.2) is 0 Å². The SMILES string of the molecule is CC(C)CC1=CC(=O)NC(=O)C1. The Morgan fingerprint density at radius 1 is 1.50 bits per heavy atom. The van der Waals surface area contributed by atoms with Crippen molar-refractivity contribution in [3.8, 4) is 0 Å². The molecule has 0 radical (unpaired) electrons. The summed E-state index contributed by atoms with van der Waals surface area (Å²) in [5, 5.41) is 2.23. The summed E-state index contributed by atoms with van der Waals surface area (Å²) in [7, 11) is 0. The highest BCUT2D eigenvalue weighted by molar-refractivity contribution is 6.05. The molecule has 1 rings (SSSR count). The fourth-order valence-corrected chi connectivity index (χ4v) is 1.32. The van der Waals surface area contributed by atoms with Gasteiger partial charge < -0.3 is 0 Å². The Morgan fingerprint density at radius 2 is 2.17 bits per heavy atom. The molecular formula is C9H13NO2. The van der Waals surface area contributed by atoms with E-state index in [-0.39, 0.29) is 11.8 Å². The van der Waals surface area contributed by atoms with Gasteiger partial charge in [-0.3, -0.25) is 14.9 Å². The minimum absolute atomic E-state index is 0.182. The molecule has 1 heterocycles. The number of amides is 2. The second-order valence-corrected chi connectivity index (χ2v) is 3.49. The molecular weight excluding hydrogens is 154 g/mol. The monoisotopic (exact) mass is 167 g/mol. The Kier molecular flexibility index (Phi) is 2.63. The maximum atomic E-state index is 10.9. The predicted molar refractivity (Wildman–Crippen MR) is 45.3 cm³/mol. The van der Waals surface area contributed by atoms with E-state index in [4.69, 9.17) is 0 Å². The molecule has 1 aliphatic rings. The number of nitrogens with one attached hydrogen (secondary N) is 1. The summed E-state index contributed by atoms with van der Waals surface area (Å²) in [5.74, 6) is 0.0370. The van der Waals surface area contributed by atoms with Crippen molar-refractivity contribution in [2.45, 2.75) is 26.7 Å².